The average molecular weight is 284 g/mol. The zero-order valence-electron chi connectivity index (χ0n) is 12.5. The second kappa shape index (κ2) is 6.08. The van der Waals surface area contributed by atoms with E-state index in [1.54, 1.807) is 23.9 Å². The summed E-state index contributed by atoms with van der Waals surface area (Å²) in [6, 6.07) is 9.65. The summed E-state index contributed by atoms with van der Waals surface area (Å²) < 4.78 is 1.67. The van der Waals surface area contributed by atoms with Crippen LogP contribution in [0.25, 0.3) is 0 Å². The van der Waals surface area contributed by atoms with E-state index in [4.69, 9.17) is 5.26 Å². The molecule has 2 rings (SSSR count). The lowest BCUT2D eigenvalue weighted by molar-refractivity contribution is 0.0543. The molecule has 0 aliphatic heterocycles. The van der Waals surface area contributed by atoms with E-state index in [0.717, 1.165) is 11.1 Å². The van der Waals surface area contributed by atoms with Gasteiger partial charge in [0.25, 0.3) is 0 Å². The van der Waals surface area contributed by atoms with Gasteiger partial charge in [-0.15, -0.1) is 0 Å². The number of nitriles is 1. The van der Waals surface area contributed by atoms with Gasteiger partial charge in [0.2, 0.25) is 0 Å². The predicted octanol–water partition coefficient (Wildman–Crippen LogP) is 1.85. The summed E-state index contributed by atoms with van der Waals surface area (Å²) in [5, 5.41) is 26.8. The first-order chi connectivity index (χ1) is 9.92. The highest BCUT2D eigenvalue weighted by atomic mass is 16.3. The molecule has 0 aliphatic rings. The van der Waals surface area contributed by atoms with Crippen molar-refractivity contribution in [1.29, 1.82) is 5.26 Å². The molecule has 2 unspecified atom stereocenters. The fourth-order valence-corrected chi connectivity index (χ4v) is 2.15. The van der Waals surface area contributed by atoms with Crippen LogP contribution in [0.15, 0.2) is 36.7 Å². The lowest BCUT2D eigenvalue weighted by Gasteiger charge is -2.25. The molecule has 2 N–H and O–H groups in total. The fourth-order valence-electron chi connectivity index (χ4n) is 2.15. The maximum atomic E-state index is 10.5. The Morgan fingerprint density at radius 1 is 1.52 bits per heavy atom. The molecule has 0 aliphatic carbocycles. The predicted molar refractivity (Wildman–Crippen MR) is 80.4 cm³/mol. The molecule has 110 valence electrons. The van der Waals surface area contributed by atoms with Gasteiger partial charge >= 0.3 is 0 Å². The molecular formula is C16H20N4O. The van der Waals surface area contributed by atoms with Gasteiger partial charge in [0.15, 0.2) is 0 Å². The summed E-state index contributed by atoms with van der Waals surface area (Å²) in [6.07, 6.45) is 3.48. The van der Waals surface area contributed by atoms with Crippen LogP contribution in [0, 0.1) is 11.3 Å². The van der Waals surface area contributed by atoms with Crippen molar-refractivity contribution < 1.29 is 5.11 Å². The Bertz CT molecular complexity index is 654. The molecule has 1 aromatic carbocycles. The first kappa shape index (κ1) is 15.2. The summed E-state index contributed by atoms with van der Waals surface area (Å²) in [5.41, 5.74) is 1.45. The third-order valence-corrected chi connectivity index (χ3v) is 3.59. The summed E-state index contributed by atoms with van der Waals surface area (Å²) in [7, 11) is 1.82. The number of rotatable bonds is 5. The van der Waals surface area contributed by atoms with E-state index >= 15 is 0 Å². The molecule has 0 saturated heterocycles. The number of nitrogens with zero attached hydrogens (tertiary/aromatic N) is 3. The normalized spacial score (nSPS) is 15.2. The minimum absolute atomic E-state index is 0.0430. The van der Waals surface area contributed by atoms with E-state index in [9.17, 15) is 5.11 Å². The number of benzene rings is 1. The number of aromatic nitrogens is 2. The van der Waals surface area contributed by atoms with Crippen molar-refractivity contribution >= 4 is 0 Å². The Balaban J connectivity index is 2.03. The van der Waals surface area contributed by atoms with E-state index < -0.39 is 5.60 Å². The maximum absolute atomic E-state index is 10.5. The smallest absolute Gasteiger partial charge is 0.102 e. The maximum Gasteiger partial charge on any atom is 0.102 e. The average Bonchev–Trinajstić information content (AvgIpc) is 2.92. The van der Waals surface area contributed by atoms with Gasteiger partial charge in [0.1, 0.15) is 5.60 Å². The number of hydrogen-bond acceptors (Lipinski definition) is 4. The van der Waals surface area contributed by atoms with Crippen molar-refractivity contribution in [1.82, 2.24) is 15.1 Å². The van der Waals surface area contributed by atoms with Crippen molar-refractivity contribution in [2.24, 2.45) is 7.05 Å². The number of aryl methyl sites for hydroxylation is 1. The minimum Gasteiger partial charge on any atom is -0.384 e. The molecule has 0 radical (unpaired) electrons. The second-order valence-electron chi connectivity index (χ2n) is 5.52. The third kappa shape index (κ3) is 3.69. The minimum atomic E-state index is -0.991. The Morgan fingerprint density at radius 2 is 2.29 bits per heavy atom. The van der Waals surface area contributed by atoms with Gasteiger partial charge in [-0.2, -0.15) is 10.4 Å². The van der Waals surface area contributed by atoms with E-state index in [1.807, 2.05) is 38.4 Å². The van der Waals surface area contributed by atoms with Crippen LogP contribution >= 0.6 is 0 Å². The second-order valence-corrected chi connectivity index (χ2v) is 5.52. The van der Waals surface area contributed by atoms with Crippen LogP contribution in [-0.4, -0.2) is 21.4 Å². The molecule has 1 heterocycles. The molecule has 0 amide bonds. The zero-order valence-corrected chi connectivity index (χ0v) is 12.5. The molecule has 21 heavy (non-hydrogen) atoms. The van der Waals surface area contributed by atoms with E-state index in [2.05, 4.69) is 16.5 Å². The molecule has 1 aromatic heterocycles. The number of aliphatic hydroxyl groups is 1. The van der Waals surface area contributed by atoms with Crippen molar-refractivity contribution in [2.75, 3.05) is 6.54 Å². The molecule has 2 aromatic rings. The number of nitrogens with one attached hydrogen (secondary N) is 1. The van der Waals surface area contributed by atoms with Gasteiger partial charge in [-0.1, -0.05) is 12.1 Å². The quantitative estimate of drug-likeness (QED) is 0.878. The van der Waals surface area contributed by atoms with Crippen LogP contribution in [0.5, 0.6) is 0 Å². The van der Waals surface area contributed by atoms with Crippen molar-refractivity contribution in [3.05, 3.63) is 53.3 Å². The SMILES string of the molecule is CC(NCC(C)(O)c1cnn(C)c1)c1cccc(C#N)c1. The van der Waals surface area contributed by atoms with Gasteiger partial charge < -0.3 is 10.4 Å². The van der Waals surface area contributed by atoms with Crippen molar-refractivity contribution in [3.63, 3.8) is 0 Å². The Labute approximate surface area is 124 Å². The van der Waals surface area contributed by atoms with Crippen molar-refractivity contribution in [2.45, 2.75) is 25.5 Å². The Kier molecular flexibility index (Phi) is 4.41. The largest absolute Gasteiger partial charge is 0.384 e. The molecule has 5 nitrogen and oxygen atoms in total. The summed E-state index contributed by atoms with van der Waals surface area (Å²) >= 11 is 0. The lowest BCUT2D eigenvalue weighted by atomic mass is 9.98. The highest BCUT2D eigenvalue weighted by Crippen LogP contribution is 2.21. The van der Waals surface area contributed by atoms with Gasteiger partial charge in [-0.05, 0) is 31.5 Å². The van der Waals surface area contributed by atoms with Crippen LogP contribution in [0.3, 0.4) is 0 Å². The van der Waals surface area contributed by atoms with Gasteiger partial charge in [0, 0.05) is 31.4 Å². The molecule has 5 heteroatoms. The lowest BCUT2D eigenvalue weighted by Crippen LogP contribution is -2.36. The topological polar surface area (TPSA) is 73.9 Å². The Morgan fingerprint density at radius 3 is 2.90 bits per heavy atom. The molecule has 2 atom stereocenters. The molecular weight excluding hydrogens is 264 g/mol. The van der Waals surface area contributed by atoms with E-state index in [0.29, 0.717) is 12.1 Å². The summed E-state index contributed by atoms with van der Waals surface area (Å²) in [4.78, 5) is 0. The van der Waals surface area contributed by atoms with Crippen LogP contribution in [0.4, 0.5) is 0 Å². The molecule has 0 spiro atoms. The Hall–Kier alpha value is -2.16. The van der Waals surface area contributed by atoms with E-state index in [1.165, 1.54) is 0 Å². The molecule has 0 fully saturated rings. The monoisotopic (exact) mass is 284 g/mol. The van der Waals surface area contributed by atoms with Crippen LogP contribution in [0.1, 0.15) is 36.6 Å². The first-order valence-electron chi connectivity index (χ1n) is 6.87. The summed E-state index contributed by atoms with van der Waals surface area (Å²) in [6.45, 7) is 4.17. The highest BCUT2D eigenvalue weighted by molar-refractivity contribution is 5.34. The highest BCUT2D eigenvalue weighted by Gasteiger charge is 2.25. The van der Waals surface area contributed by atoms with Gasteiger partial charge in [0.05, 0.1) is 17.8 Å². The first-order valence-corrected chi connectivity index (χ1v) is 6.87. The molecule has 0 bridgehead atoms. The van der Waals surface area contributed by atoms with Crippen LogP contribution in [0.2, 0.25) is 0 Å². The summed E-state index contributed by atoms with van der Waals surface area (Å²) in [5.74, 6) is 0. The standard InChI is InChI=1S/C16H20N4O/c1-12(14-6-4-5-13(7-14)8-17)18-11-16(2,21)15-9-19-20(3)10-15/h4-7,9-10,12,18,21H,11H2,1-3H3. The van der Waals surface area contributed by atoms with Crippen molar-refractivity contribution in [3.8, 4) is 6.07 Å². The fraction of sp³-hybridized carbons (Fsp3) is 0.375. The van der Waals surface area contributed by atoms with Gasteiger partial charge in [-0.25, -0.2) is 0 Å². The molecule has 0 saturated carbocycles. The van der Waals surface area contributed by atoms with E-state index in [-0.39, 0.29) is 6.04 Å². The third-order valence-electron chi connectivity index (χ3n) is 3.59. The number of hydrogen-bond donors (Lipinski definition) is 2. The van der Waals surface area contributed by atoms with Gasteiger partial charge in [-0.3, -0.25) is 4.68 Å². The zero-order chi connectivity index (χ0) is 15.5. The van der Waals surface area contributed by atoms with Crippen LogP contribution < -0.4 is 5.32 Å². The van der Waals surface area contributed by atoms with Crippen LogP contribution in [-0.2, 0) is 12.6 Å².